The van der Waals surface area contributed by atoms with Crippen molar-refractivity contribution in [3.05, 3.63) is 35.5 Å². The number of hydrogen-bond acceptors (Lipinski definition) is 5. The first-order valence-electron chi connectivity index (χ1n) is 6.75. The molecule has 0 saturated heterocycles. The summed E-state index contributed by atoms with van der Waals surface area (Å²) >= 11 is 0. The molecule has 2 rings (SSSR count). The zero-order chi connectivity index (χ0) is 16.3. The minimum Gasteiger partial charge on any atom is -0.476 e. The van der Waals surface area contributed by atoms with Crippen molar-refractivity contribution in [2.24, 2.45) is 0 Å². The maximum atomic E-state index is 12.0. The summed E-state index contributed by atoms with van der Waals surface area (Å²) < 4.78 is 6.44. The van der Waals surface area contributed by atoms with Crippen LogP contribution < -0.4 is 5.32 Å². The number of aromatic carboxylic acids is 1. The van der Waals surface area contributed by atoms with Crippen molar-refractivity contribution in [3.63, 3.8) is 0 Å². The van der Waals surface area contributed by atoms with Crippen LogP contribution in [0.4, 0.5) is 0 Å². The van der Waals surface area contributed by atoms with E-state index in [1.54, 1.807) is 12.1 Å². The summed E-state index contributed by atoms with van der Waals surface area (Å²) in [6.45, 7) is 5.69. The van der Waals surface area contributed by atoms with Crippen LogP contribution >= 0.6 is 0 Å². The van der Waals surface area contributed by atoms with Crippen LogP contribution in [-0.2, 0) is 23.3 Å². The molecule has 118 valence electrons. The minimum absolute atomic E-state index is 0.104. The lowest BCUT2D eigenvalue weighted by Crippen LogP contribution is -2.30. The Kier molecular flexibility index (Phi) is 4.30. The number of furan rings is 1. The maximum absolute atomic E-state index is 12.0. The predicted octanol–water partition coefficient (Wildman–Crippen LogP) is 1.18. The van der Waals surface area contributed by atoms with E-state index in [0.29, 0.717) is 11.5 Å². The summed E-state index contributed by atoms with van der Waals surface area (Å²) in [6, 6.07) is 3.48. The summed E-state index contributed by atoms with van der Waals surface area (Å²) in [5.74, 6) is -0.829. The Hall–Kier alpha value is -2.64. The summed E-state index contributed by atoms with van der Waals surface area (Å²) in [7, 11) is 0. The number of hydrogen-bond donors (Lipinski definition) is 2. The molecule has 8 nitrogen and oxygen atoms in total. The Balaban J connectivity index is 2.12. The third-order valence-corrected chi connectivity index (χ3v) is 2.98. The lowest BCUT2D eigenvalue weighted by Gasteiger charge is -2.20. The second-order valence-electron chi connectivity index (χ2n) is 5.86. The van der Waals surface area contributed by atoms with Crippen LogP contribution in [0.2, 0.25) is 0 Å². The highest BCUT2D eigenvalue weighted by atomic mass is 16.4. The molecular formula is C14H18N4O4. The van der Waals surface area contributed by atoms with Gasteiger partial charge in [0.15, 0.2) is 5.69 Å². The van der Waals surface area contributed by atoms with Gasteiger partial charge in [-0.1, -0.05) is 26.0 Å². The van der Waals surface area contributed by atoms with Gasteiger partial charge in [0.25, 0.3) is 0 Å². The van der Waals surface area contributed by atoms with Crippen molar-refractivity contribution < 1.29 is 19.1 Å². The van der Waals surface area contributed by atoms with Gasteiger partial charge in [-0.05, 0) is 12.1 Å². The molecule has 0 unspecified atom stereocenters. The Labute approximate surface area is 127 Å². The van der Waals surface area contributed by atoms with Crippen molar-refractivity contribution in [2.45, 2.75) is 39.3 Å². The fourth-order valence-electron chi connectivity index (χ4n) is 2.10. The van der Waals surface area contributed by atoms with Crippen LogP contribution in [-0.4, -0.2) is 32.0 Å². The van der Waals surface area contributed by atoms with Crippen molar-refractivity contribution >= 4 is 11.9 Å². The number of rotatable bonds is 5. The van der Waals surface area contributed by atoms with Crippen LogP contribution in [0, 0.1) is 0 Å². The zero-order valence-electron chi connectivity index (χ0n) is 12.7. The number of nitrogens with zero attached hydrogens (tertiary/aromatic N) is 3. The van der Waals surface area contributed by atoms with Crippen LogP contribution in [0.25, 0.3) is 0 Å². The zero-order valence-corrected chi connectivity index (χ0v) is 12.7. The fourth-order valence-corrected chi connectivity index (χ4v) is 2.10. The molecule has 0 bridgehead atoms. The van der Waals surface area contributed by atoms with Crippen LogP contribution in [0.1, 0.15) is 42.7 Å². The normalized spacial score (nSPS) is 11.4. The molecule has 0 aliphatic carbocycles. The molecule has 1 amide bonds. The molecule has 0 aliphatic rings. The van der Waals surface area contributed by atoms with Gasteiger partial charge in [-0.3, -0.25) is 4.79 Å². The molecule has 22 heavy (non-hydrogen) atoms. The lowest BCUT2D eigenvalue weighted by atomic mass is 9.90. The van der Waals surface area contributed by atoms with E-state index in [9.17, 15) is 14.7 Å². The number of carboxylic acid groups (broad SMARTS) is 1. The van der Waals surface area contributed by atoms with Gasteiger partial charge in [0.1, 0.15) is 12.3 Å². The molecule has 0 aliphatic heterocycles. The molecule has 0 aromatic carbocycles. The minimum atomic E-state index is -1.16. The first-order valence-corrected chi connectivity index (χ1v) is 6.75. The summed E-state index contributed by atoms with van der Waals surface area (Å²) in [5, 5.41) is 19.3. The molecule has 0 saturated carbocycles. The monoisotopic (exact) mass is 306 g/mol. The van der Waals surface area contributed by atoms with E-state index in [1.807, 2.05) is 20.8 Å². The molecule has 0 atom stereocenters. The molecule has 2 heterocycles. The lowest BCUT2D eigenvalue weighted by molar-refractivity contribution is -0.122. The Bertz CT molecular complexity index is 668. The summed E-state index contributed by atoms with van der Waals surface area (Å²) in [6.07, 6.45) is 1.52. The molecule has 8 heteroatoms. The maximum Gasteiger partial charge on any atom is 0.358 e. The molecule has 0 spiro atoms. The predicted molar refractivity (Wildman–Crippen MR) is 76.2 cm³/mol. The number of nitrogens with one attached hydrogen (secondary N) is 1. The standard InChI is InChI=1S/C14H18N4O4/c1-14(2,3)12-11(13(20)21)16-17-18(12)8-10(19)15-7-9-5-4-6-22-9/h4-6H,7-8H2,1-3H3,(H,15,19)(H,20,21). The van der Waals surface area contributed by atoms with Gasteiger partial charge in [-0.15, -0.1) is 5.10 Å². The fraction of sp³-hybridized carbons (Fsp3) is 0.429. The van der Waals surface area contributed by atoms with Crippen LogP contribution in [0.15, 0.2) is 22.8 Å². The van der Waals surface area contributed by atoms with Crippen molar-refractivity contribution in [1.82, 2.24) is 20.3 Å². The average Bonchev–Trinajstić information content (AvgIpc) is 3.04. The van der Waals surface area contributed by atoms with Gasteiger partial charge in [0.2, 0.25) is 5.91 Å². The molecule has 2 N–H and O–H groups in total. The molecule has 2 aromatic rings. The van der Waals surface area contributed by atoms with Crippen molar-refractivity contribution in [1.29, 1.82) is 0 Å². The van der Waals surface area contributed by atoms with E-state index >= 15 is 0 Å². The van der Waals surface area contributed by atoms with E-state index in [0.717, 1.165) is 0 Å². The number of carbonyl (C=O) groups is 2. The number of carboxylic acids is 1. The van der Waals surface area contributed by atoms with Gasteiger partial charge in [0.05, 0.1) is 18.5 Å². The van der Waals surface area contributed by atoms with Crippen molar-refractivity contribution in [2.75, 3.05) is 0 Å². The third-order valence-electron chi connectivity index (χ3n) is 2.98. The molecule has 2 aromatic heterocycles. The second-order valence-corrected chi connectivity index (χ2v) is 5.86. The third kappa shape index (κ3) is 3.51. The van der Waals surface area contributed by atoms with E-state index in [4.69, 9.17) is 4.42 Å². The molecule has 0 fully saturated rings. The van der Waals surface area contributed by atoms with E-state index in [-0.39, 0.29) is 24.7 Å². The number of amides is 1. The second kappa shape index (κ2) is 6.00. The highest BCUT2D eigenvalue weighted by molar-refractivity contribution is 5.87. The number of carbonyl (C=O) groups excluding carboxylic acids is 1. The highest BCUT2D eigenvalue weighted by Crippen LogP contribution is 2.24. The van der Waals surface area contributed by atoms with Gasteiger partial charge in [0, 0.05) is 5.41 Å². The Morgan fingerprint density at radius 1 is 1.41 bits per heavy atom. The topological polar surface area (TPSA) is 110 Å². The first-order chi connectivity index (χ1) is 10.3. The van der Waals surface area contributed by atoms with E-state index in [2.05, 4.69) is 15.6 Å². The average molecular weight is 306 g/mol. The van der Waals surface area contributed by atoms with Gasteiger partial charge in [-0.25, -0.2) is 9.48 Å². The number of aromatic nitrogens is 3. The highest BCUT2D eigenvalue weighted by Gasteiger charge is 2.29. The van der Waals surface area contributed by atoms with Gasteiger partial charge in [-0.2, -0.15) is 0 Å². The SMILES string of the molecule is CC(C)(C)c1c(C(=O)O)nnn1CC(=O)NCc1ccco1. The van der Waals surface area contributed by atoms with E-state index in [1.165, 1.54) is 10.9 Å². The first kappa shape index (κ1) is 15.7. The summed E-state index contributed by atoms with van der Waals surface area (Å²) in [5.41, 5.74) is -0.224. The largest absolute Gasteiger partial charge is 0.476 e. The quantitative estimate of drug-likeness (QED) is 0.858. The van der Waals surface area contributed by atoms with Gasteiger partial charge < -0.3 is 14.8 Å². The Morgan fingerprint density at radius 3 is 2.68 bits per heavy atom. The van der Waals surface area contributed by atoms with Crippen molar-refractivity contribution in [3.8, 4) is 0 Å². The van der Waals surface area contributed by atoms with E-state index < -0.39 is 11.4 Å². The Morgan fingerprint density at radius 2 is 2.14 bits per heavy atom. The molecular weight excluding hydrogens is 288 g/mol. The summed E-state index contributed by atoms with van der Waals surface area (Å²) in [4.78, 5) is 23.2. The molecule has 0 radical (unpaired) electrons. The smallest absolute Gasteiger partial charge is 0.358 e. The van der Waals surface area contributed by atoms with Gasteiger partial charge >= 0.3 is 5.97 Å². The van der Waals surface area contributed by atoms with Crippen LogP contribution in [0.5, 0.6) is 0 Å². The van der Waals surface area contributed by atoms with Crippen LogP contribution in [0.3, 0.4) is 0 Å².